The summed E-state index contributed by atoms with van der Waals surface area (Å²) in [7, 11) is -5.17. The summed E-state index contributed by atoms with van der Waals surface area (Å²) in [4.78, 5) is 0. The van der Waals surface area contributed by atoms with Gasteiger partial charge in [0, 0.05) is 10.4 Å². The fraction of sp³-hybridized carbons (Fsp3) is 0.286. The second-order valence-corrected chi connectivity index (χ2v) is 4.97. The third-order valence-electron chi connectivity index (χ3n) is 2.68. The summed E-state index contributed by atoms with van der Waals surface area (Å²) >= 11 is 0. The zero-order chi connectivity index (χ0) is 14.3. The molecule has 0 aliphatic carbocycles. The molecule has 0 fully saturated rings. The third-order valence-corrected chi connectivity index (χ3v) is 2.68. The van der Waals surface area contributed by atoms with Crippen LogP contribution in [0.3, 0.4) is 0 Å². The Labute approximate surface area is 170 Å². The summed E-state index contributed by atoms with van der Waals surface area (Å²) in [6.45, 7) is 2.24. The van der Waals surface area contributed by atoms with Crippen molar-refractivity contribution >= 4 is 21.2 Å². The minimum Gasteiger partial charge on any atom is -0.759 e. The van der Waals surface area contributed by atoms with Gasteiger partial charge in [-0.05, 0) is 29.2 Å². The Morgan fingerprint density at radius 1 is 0.952 bits per heavy atom. The van der Waals surface area contributed by atoms with E-state index >= 15 is 0 Å². The summed E-state index contributed by atoms with van der Waals surface area (Å²) in [5, 5.41) is 2.78. The van der Waals surface area contributed by atoms with E-state index < -0.39 is 10.4 Å². The molecule has 0 aromatic heterocycles. The average molecular weight is 326 g/mol. The molecule has 104 valence electrons. The summed E-state index contributed by atoms with van der Waals surface area (Å²) in [6, 6.07) is 15.2. The fourth-order valence-corrected chi connectivity index (χ4v) is 1.88. The van der Waals surface area contributed by atoms with Crippen molar-refractivity contribution in [3.8, 4) is 0 Å². The molecule has 0 bridgehead atoms. The molecule has 0 radical (unpaired) electrons. The maximum Gasteiger partial charge on any atom is 1.00 e. The summed E-state index contributed by atoms with van der Waals surface area (Å²) in [5.74, 6) is 0. The van der Waals surface area contributed by atoms with Gasteiger partial charge in [0.1, 0.15) is 0 Å². The minimum atomic E-state index is -5.17. The molecule has 2 aromatic carbocycles. The molecule has 0 amide bonds. The monoisotopic (exact) mass is 326 g/mol. The van der Waals surface area contributed by atoms with Gasteiger partial charge in [0.2, 0.25) is 0 Å². The molecule has 0 atom stereocenters. The summed E-state index contributed by atoms with van der Waals surface area (Å²) in [5.41, 5.74) is 1.49. The molecule has 0 saturated heterocycles. The molecule has 0 aliphatic heterocycles. The van der Waals surface area contributed by atoms with Gasteiger partial charge in [0.15, 0.2) is 0 Å². The van der Waals surface area contributed by atoms with E-state index in [9.17, 15) is 0 Å². The predicted molar refractivity (Wildman–Crippen MR) is 73.0 cm³/mol. The first-order valence-corrected chi connectivity index (χ1v) is 7.38. The third kappa shape index (κ3) is 10.8. The van der Waals surface area contributed by atoms with Crippen LogP contribution in [0.2, 0.25) is 0 Å². The van der Waals surface area contributed by atoms with Crippen LogP contribution >= 0.6 is 0 Å². The molecule has 2 rings (SSSR count). The molecule has 7 heteroatoms. The van der Waals surface area contributed by atoms with Crippen molar-refractivity contribution in [3.63, 3.8) is 0 Å². The summed E-state index contributed by atoms with van der Waals surface area (Å²) < 4.78 is 34.1. The standard InChI is InChI=1S/C14H16.2Na.H2O4S/c1-2-3-7-12-9-6-10-13-8-4-5-11-14(12)13;;;1-5(2,3)4/h4-6,8-11H,2-3,7H2,1H3;;;(H2,1,2,3,4)/q;2*+1;/p-2. The first-order valence-electron chi connectivity index (χ1n) is 6.05. The second-order valence-electron chi connectivity index (χ2n) is 4.15. The maximum absolute atomic E-state index is 8.52. The van der Waals surface area contributed by atoms with Gasteiger partial charge in [-0.1, -0.05) is 55.8 Å². The molecular formula is C14H16Na2O4S. The van der Waals surface area contributed by atoms with E-state index in [2.05, 4.69) is 49.4 Å². The molecule has 0 saturated carbocycles. The molecule has 0 spiro atoms. The van der Waals surface area contributed by atoms with Gasteiger partial charge in [0.05, 0.1) is 0 Å². The van der Waals surface area contributed by atoms with Crippen LogP contribution in [0.4, 0.5) is 0 Å². The molecule has 2 aromatic rings. The number of unbranched alkanes of at least 4 members (excludes halogenated alkanes) is 1. The predicted octanol–water partition coefficient (Wildman–Crippen LogP) is -3.15. The Morgan fingerprint density at radius 2 is 1.48 bits per heavy atom. The van der Waals surface area contributed by atoms with Gasteiger partial charge in [-0.15, -0.1) is 0 Å². The fourth-order valence-electron chi connectivity index (χ4n) is 1.88. The zero-order valence-electron chi connectivity index (χ0n) is 12.7. The summed E-state index contributed by atoms with van der Waals surface area (Å²) in [6.07, 6.45) is 3.76. The molecule has 21 heavy (non-hydrogen) atoms. The Balaban J connectivity index is 0. The molecule has 4 nitrogen and oxygen atoms in total. The van der Waals surface area contributed by atoms with E-state index in [4.69, 9.17) is 17.5 Å². The van der Waals surface area contributed by atoms with Crippen molar-refractivity contribution in [1.82, 2.24) is 0 Å². The zero-order valence-corrected chi connectivity index (χ0v) is 17.5. The van der Waals surface area contributed by atoms with Crippen molar-refractivity contribution in [2.24, 2.45) is 0 Å². The van der Waals surface area contributed by atoms with Crippen LogP contribution in [0, 0.1) is 0 Å². The van der Waals surface area contributed by atoms with Crippen molar-refractivity contribution < 1.29 is 76.6 Å². The number of aryl methyl sites for hydroxylation is 1. The smallest absolute Gasteiger partial charge is 0.759 e. The van der Waals surface area contributed by atoms with Crippen LogP contribution in [0.25, 0.3) is 10.8 Å². The van der Waals surface area contributed by atoms with E-state index in [1.807, 2.05) is 0 Å². The average Bonchev–Trinajstić information content (AvgIpc) is 2.34. The van der Waals surface area contributed by atoms with Crippen molar-refractivity contribution in [2.75, 3.05) is 0 Å². The largest absolute Gasteiger partial charge is 1.00 e. The first-order chi connectivity index (χ1) is 8.92. The van der Waals surface area contributed by atoms with Gasteiger partial charge in [-0.25, -0.2) is 0 Å². The van der Waals surface area contributed by atoms with Crippen molar-refractivity contribution in [2.45, 2.75) is 26.2 Å². The Hall–Kier alpha value is 0.570. The van der Waals surface area contributed by atoms with Crippen LogP contribution in [-0.2, 0) is 16.8 Å². The number of hydrogen-bond donors (Lipinski definition) is 0. The van der Waals surface area contributed by atoms with E-state index in [1.54, 1.807) is 0 Å². The van der Waals surface area contributed by atoms with E-state index in [1.165, 1.54) is 35.6 Å². The van der Waals surface area contributed by atoms with E-state index in [-0.39, 0.29) is 59.1 Å². The van der Waals surface area contributed by atoms with Crippen LogP contribution in [-0.4, -0.2) is 17.5 Å². The van der Waals surface area contributed by atoms with Crippen LogP contribution < -0.4 is 59.1 Å². The van der Waals surface area contributed by atoms with Gasteiger partial charge in [-0.2, -0.15) is 0 Å². The SMILES string of the molecule is CCCCc1cccc2ccccc12.O=S(=O)([O-])[O-].[Na+].[Na+]. The molecular weight excluding hydrogens is 310 g/mol. The van der Waals surface area contributed by atoms with Gasteiger partial charge < -0.3 is 9.11 Å². The van der Waals surface area contributed by atoms with Gasteiger partial charge in [-0.3, -0.25) is 8.42 Å². The van der Waals surface area contributed by atoms with Crippen LogP contribution in [0.15, 0.2) is 42.5 Å². The Bertz CT molecular complexity index is 616. The quantitative estimate of drug-likeness (QED) is 0.339. The van der Waals surface area contributed by atoms with Crippen LogP contribution in [0.1, 0.15) is 25.3 Å². The minimum absolute atomic E-state index is 0. The molecule has 0 heterocycles. The topological polar surface area (TPSA) is 80.3 Å². The molecule has 0 N–H and O–H groups in total. The molecule has 0 aliphatic rings. The van der Waals surface area contributed by atoms with Crippen molar-refractivity contribution in [1.29, 1.82) is 0 Å². The van der Waals surface area contributed by atoms with E-state index in [0.717, 1.165) is 0 Å². The Kier molecular flexibility index (Phi) is 13.7. The Morgan fingerprint density at radius 3 is 2.05 bits per heavy atom. The normalized spacial score (nSPS) is 9.86. The number of benzene rings is 2. The number of fused-ring (bicyclic) bond motifs is 1. The second kappa shape index (κ2) is 12.0. The van der Waals surface area contributed by atoms with Crippen molar-refractivity contribution in [3.05, 3.63) is 48.0 Å². The number of rotatable bonds is 3. The first kappa shape index (κ1) is 23.8. The van der Waals surface area contributed by atoms with Gasteiger partial charge in [0.25, 0.3) is 0 Å². The van der Waals surface area contributed by atoms with Crippen LogP contribution in [0.5, 0.6) is 0 Å². The van der Waals surface area contributed by atoms with Gasteiger partial charge >= 0.3 is 59.1 Å². The number of hydrogen-bond acceptors (Lipinski definition) is 4. The van der Waals surface area contributed by atoms with E-state index in [0.29, 0.717) is 0 Å². The molecule has 0 unspecified atom stereocenters. The maximum atomic E-state index is 8.52.